The van der Waals surface area contributed by atoms with Gasteiger partial charge in [-0.3, -0.25) is 4.79 Å². The lowest BCUT2D eigenvalue weighted by Gasteiger charge is -2.10. The molecule has 1 amide bonds. The van der Waals surface area contributed by atoms with Gasteiger partial charge in [-0.15, -0.1) is 0 Å². The molecule has 0 radical (unpaired) electrons. The van der Waals surface area contributed by atoms with Crippen molar-refractivity contribution in [2.24, 2.45) is 5.10 Å². The van der Waals surface area contributed by atoms with Crippen molar-refractivity contribution in [1.82, 2.24) is 4.57 Å². The Morgan fingerprint density at radius 3 is 2.41 bits per heavy atom. The first-order chi connectivity index (χ1) is 16.7. The fraction of sp³-hybridized carbons (Fsp3) is 0.0667. The van der Waals surface area contributed by atoms with E-state index in [1.54, 1.807) is 0 Å². The van der Waals surface area contributed by atoms with Crippen LogP contribution in [0.25, 0.3) is 27.8 Å². The van der Waals surface area contributed by atoms with Crippen LogP contribution in [0, 0.1) is 0 Å². The summed E-state index contributed by atoms with van der Waals surface area (Å²) < 4.78 is 2.26. The van der Waals surface area contributed by atoms with Crippen LogP contribution in [0.5, 0.6) is 0 Å². The summed E-state index contributed by atoms with van der Waals surface area (Å²) in [5.41, 5.74) is 5.52. The van der Waals surface area contributed by atoms with E-state index in [-0.39, 0.29) is 5.91 Å². The van der Waals surface area contributed by atoms with E-state index < -0.39 is 0 Å². The summed E-state index contributed by atoms with van der Waals surface area (Å²) in [6, 6.07) is 32.9. The van der Waals surface area contributed by atoms with E-state index >= 15 is 0 Å². The molecular formula is C30H23N3O. The Morgan fingerprint density at radius 1 is 0.824 bits per heavy atom. The van der Waals surface area contributed by atoms with Gasteiger partial charge in [0.1, 0.15) is 0 Å². The molecule has 0 aliphatic carbocycles. The van der Waals surface area contributed by atoms with Gasteiger partial charge in [-0.2, -0.15) is 10.1 Å². The molecule has 164 valence electrons. The second-order valence-electron chi connectivity index (χ2n) is 8.61. The Kier molecular flexibility index (Phi) is 4.84. The van der Waals surface area contributed by atoms with Crippen LogP contribution >= 0.6 is 0 Å². The highest BCUT2D eigenvalue weighted by atomic mass is 16.2. The molecule has 4 heteroatoms. The van der Waals surface area contributed by atoms with Crippen molar-refractivity contribution in [3.63, 3.8) is 0 Å². The van der Waals surface area contributed by atoms with Gasteiger partial charge in [0.15, 0.2) is 0 Å². The number of nitrogens with zero attached hydrogens (tertiary/aromatic N) is 3. The van der Waals surface area contributed by atoms with Crippen LogP contribution in [0.4, 0.5) is 5.69 Å². The van der Waals surface area contributed by atoms with Crippen molar-refractivity contribution in [2.75, 3.05) is 5.01 Å². The van der Waals surface area contributed by atoms with Crippen molar-refractivity contribution in [1.29, 1.82) is 0 Å². The summed E-state index contributed by atoms with van der Waals surface area (Å²) in [6.45, 7) is 2.65. The molecule has 0 bridgehead atoms. The lowest BCUT2D eigenvalue weighted by atomic mass is 10.1. The molecule has 0 atom stereocenters. The van der Waals surface area contributed by atoms with E-state index in [9.17, 15) is 4.79 Å². The highest BCUT2D eigenvalue weighted by molar-refractivity contribution is 6.32. The molecular weight excluding hydrogens is 418 g/mol. The van der Waals surface area contributed by atoms with Crippen molar-refractivity contribution in [3.05, 3.63) is 120 Å². The van der Waals surface area contributed by atoms with Crippen LogP contribution in [0.15, 0.2) is 114 Å². The molecule has 0 unspecified atom stereocenters. The number of rotatable bonds is 4. The standard InChI is InChI=1S/C30H23N3O/c1-21-28(30(34)33(31-21)26-11-3-2-4-12-26)18-25-20-32(29-14-8-7-13-27(25)29)19-22-15-16-23-9-5-6-10-24(23)17-22/h2-18,20H,19H2,1H3/b28-18+. The van der Waals surface area contributed by atoms with Gasteiger partial charge < -0.3 is 4.57 Å². The van der Waals surface area contributed by atoms with E-state index in [0.29, 0.717) is 5.57 Å². The normalized spacial score (nSPS) is 15.0. The summed E-state index contributed by atoms with van der Waals surface area (Å²) in [5, 5.41) is 9.61. The largest absolute Gasteiger partial charge is 0.342 e. The van der Waals surface area contributed by atoms with Gasteiger partial charge >= 0.3 is 0 Å². The van der Waals surface area contributed by atoms with E-state index in [1.807, 2.05) is 49.4 Å². The third-order valence-electron chi connectivity index (χ3n) is 6.35. The van der Waals surface area contributed by atoms with E-state index in [2.05, 4.69) is 76.5 Å². The number of carbonyl (C=O) groups is 1. The topological polar surface area (TPSA) is 37.6 Å². The molecule has 0 spiro atoms. The predicted octanol–water partition coefficient (Wildman–Crippen LogP) is 6.65. The van der Waals surface area contributed by atoms with Crippen molar-refractivity contribution in [2.45, 2.75) is 13.5 Å². The molecule has 1 aliphatic heterocycles. The number of para-hydroxylation sites is 2. The first kappa shape index (κ1) is 20.2. The summed E-state index contributed by atoms with van der Waals surface area (Å²) in [4.78, 5) is 13.2. The fourth-order valence-corrected chi connectivity index (χ4v) is 4.64. The monoisotopic (exact) mass is 441 g/mol. The predicted molar refractivity (Wildman–Crippen MR) is 140 cm³/mol. The van der Waals surface area contributed by atoms with Gasteiger partial charge in [0, 0.05) is 29.2 Å². The van der Waals surface area contributed by atoms with Gasteiger partial charge in [-0.1, -0.05) is 72.8 Å². The van der Waals surface area contributed by atoms with E-state index in [1.165, 1.54) is 21.3 Å². The number of anilines is 1. The number of hydrogen-bond donors (Lipinski definition) is 0. The van der Waals surface area contributed by atoms with Gasteiger partial charge in [0.25, 0.3) is 5.91 Å². The number of fused-ring (bicyclic) bond motifs is 2. The molecule has 4 aromatic carbocycles. The molecule has 5 aromatic rings. The van der Waals surface area contributed by atoms with Crippen LogP contribution < -0.4 is 5.01 Å². The first-order valence-electron chi connectivity index (χ1n) is 11.4. The van der Waals surface area contributed by atoms with Gasteiger partial charge in [0.05, 0.1) is 17.0 Å². The summed E-state index contributed by atoms with van der Waals surface area (Å²) in [5.74, 6) is -0.102. The van der Waals surface area contributed by atoms with Crippen LogP contribution in [0.3, 0.4) is 0 Å². The Labute approximate surface area is 198 Å². The molecule has 1 aliphatic rings. The molecule has 6 rings (SSSR count). The maximum Gasteiger partial charge on any atom is 0.280 e. The smallest absolute Gasteiger partial charge is 0.280 e. The summed E-state index contributed by atoms with van der Waals surface area (Å²) in [6.07, 6.45) is 4.11. The minimum atomic E-state index is -0.102. The fourth-order valence-electron chi connectivity index (χ4n) is 4.64. The summed E-state index contributed by atoms with van der Waals surface area (Å²) in [7, 11) is 0. The van der Waals surface area contributed by atoms with E-state index in [0.717, 1.165) is 34.4 Å². The molecule has 0 saturated carbocycles. The lowest BCUT2D eigenvalue weighted by Crippen LogP contribution is -2.21. The van der Waals surface area contributed by atoms with Crippen LogP contribution in [0.2, 0.25) is 0 Å². The number of hydrogen-bond acceptors (Lipinski definition) is 2. The zero-order valence-electron chi connectivity index (χ0n) is 18.8. The summed E-state index contributed by atoms with van der Waals surface area (Å²) >= 11 is 0. The second-order valence-corrected chi connectivity index (χ2v) is 8.61. The van der Waals surface area contributed by atoms with Gasteiger partial charge in [-0.25, -0.2) is 0 Å². The zero-order valence-corrected chi connectivity index (χ0v) is 18.8. The maximum atomic E-state index is 13.2. The van der Waals surface area contributed by atoms with E-state index in [4.69, 9.17) is 0 Å². The highest BCUT2D eigenvalue weighted by Gasteiger charge is 2.28. The second kappa shape index (κ2) is 8.16. The Hall–Kier alpha value is -4.44. The quantitative estimate of drug-likeness (QED) is 0.288. The molecule has 34 heavy (non-hydrogen) atoms. The third kappa shape index (κ3) is 3.50. The molecule has 0 fully saturated rings. The number of amides is 1. The van der Waals surface area contributed by atoms with Gasteiger partial charge in [0.2, 0.25) is 0 Å². The highest BCUT2D eigenvalue weighted by Crippen LogP contribution is 2.29. The number of hydrazone groups is 1. The molecule has 2 heterocycles. The number of benzene rings is 4. The Balaban J connectivity index is 1.38. The van der Waals surface area contributed by atoms with Crippen LogP contribution in [0.1, 0.15) is 18.1 Å². The molecule has 0 N–H and O–H groups in total. The van der Waals surface area contributed by atoms with Crippen LogP contribution in [-0.2, 0) is 11.3 Å². The average molecular weight is 442 g/mol. The van der Waals surface area contributed by atoms with Crippen molar-refractivity contribution in [3.8, 4) is 0 Å². The first-order valence-corrected chi connectivity index (χ1v) is 11.4. The Bertz CT molecular complexity index is 1610. The third-order valence-corrected chi connectivity index (χ3v) is 6.35. The van der Waals surface area contributed by atoms with Gasteiger partial charge in [-0.05, 0) is 53.6 Å². The number of carbonyl (C=O) groups excluding carboxylic acids is 1. The molecule has 0 saturated heterocycles. The molecule has 1 aromatic heterocycles. The SMILES string of the molecule is CC1=NN(c2ccccc2)C(=O)/C1=C/c1cn(Cc2ccc3ccccc3c2)c2ccccc12. The van der Waals surface area contributed by atoms with Crippen molar-refractivity contribution < 1.29 is 4.79 Å². The minimum Gasteiger partial charge on any atom is -0.342 e. The van der Waals surface area contributed by atoms with Crippen LogP contribution in [-0.4, -0.2) is 16.2 Å². The zero-order chi connectivity index (χ0) is 23.1. The van der Waals surface area contributed by atoms with Crippen molar-refractivity contribution >= 4 is 45.1 Å². The maximum absolute atomic E-state index is 13.2. The Morgan fingerprint density at radius 2 is 1.56 bits per heavy atom. The minimum absolute atomic E-state index is 0.102. The lowest BCUT2D eigenvalue weighted by molar-refractivity contribution is -0.114. The molecule has 4 nitrogen and oxygen atoms in total. The average Bonchev–Trinajstić information content (AvgIpc) is 3.36. The number of aromatic nitrogens is 1.